The van der Waals surface area contributed by atoms with Gasteiger partial charge in [-0.3, -0.25) is 0 Å². The molecule has 0 bridgehead atoms. The van der Waals surface area contributed by atoms with E-state index >= 15 is 0 Å². The molecule has 3 heteroatoms. The Kier molecular flexibility index (Phi) is 2.97. The van der Waals surface area contributed by atoms with Crippen molar-refractivity contribution in [3.8, 4) is 11.1 Å². The molecule has 0 atom stereocenters. The number of aromatic carboxylic acids is 1. The minimum absolute atomic E-state index is 0.227. The Labute approximate surface area is 99.0 Å². The SMILES string of the molecule is O=C(O)c1cccc(-c2ccccc2)c1S. The zero-order chi connectivity index (χ0) is 11.5. The van der Waals surface area contributed by atoms with Gasteiger partial charge < -0.3 is 5.11 Å². The molecule has 1 N–H and O–H groups in total. The van der Waals surface area contributed by atoms with Gasteiger partial charge in [0.2, 0.25) is 0 Å². The molecule has 0 saturated heterocycles. The summed E-state index contributed by atoms with van der Waals surface area (Å²) in [4.78, 5) is 11.5. The van der Waals surface area contributed by atoms with Gasteiger partial charge >= 0.3 is 5.97 Å². The van der Waals surface area contributed by atoms with Gasteiger partial charge in [0, 0.05) is 4.90 Å². The Morgan fingerprint density at radius 3 is 2.31 bits per heavy atom. The van der Waals surface area contributed by atoms with Crippen LogP contribution in [-0.4, -0.2) is 11.1 Å². The van der Waals surface area contributed by atoms with Crippen LogP contribution < -0.4 is 0 Å². The first-order valence-electron chi connectivity index (χ1n) is 4.81. The van der Waals surface area contributed by atoms with Crippen LogP contribution in [0.5, 0.6) is 0 Å². The van der Waals surface area contributed by atoms with Gasteiger partial charge in [0.15, 0.2) is 0 Å². The molecule has 0 spiro atoms. The van der Waals surface area contributed by atoms with E-state index in [0.29, 0.717) is 4.90 Å². The Morgan fingerprint density at radius 1 is 1.00 bits per heavy atom. The summed E-state index contributed by atoms with van der Waals surface area (Å²) in [6, 6.07) is 14.8. The van der Waals surface area contributed by atoms with Crippen molar-refractivity contribution in [3.63, 3.8) is 0 Å². The molecule has 0 unspecified atom stereocenters. The number of hydrogen-bond donors (Lipinski definition) is 2. The Hall–Kier alpha value is -1.74. The van der Waals surface area contributed by atoms with Crippen molar-refractivity contribution < 1.29 is 9.90 Å². The second kappa shape index (κ2) is 4.41. The van der Waals surface area contributed by atoms with E-state index in [4.69, 9.17) is 5.11 Å². The minimum atomic E-state index is -0.956. The molecule has 2 aromatic carbocycles. The quantitative estimate of drug-likeness (QED) is 0.776. The molecule has 0 heterocycles. The van der Waals surface area contributed by atoms with E-state index in [1.807, 2.05) is 36.4 Å². The summed E-state index contributed by atoms with van der Waals surface area (Å²) in [5, 5.41) is 8.99. The van der Waals surface area contributed by atoms with Crippen molar-refractivity contribution in [2.24, 2.45) is 0 Å². The summed E-state index contributed by atoms with van der Waals surface area (Å²) in [5.41, 5.74) is 2.03. The lowest BCUT2D eigenvalue weighted by Gasteiger charge is -2.07. The smallest absolute Gasteiger partial charge is 0.336 e. The van der Waals surface area contributed by atoms with Crippen LogP contribution in [0.1, 0.15) is 10.4 Å². The largest absolute Gasteiger partial charge is 0.478 e. The van der Waals surface area contributed by atoms with Gasteiger partial charge in [0.1, 0.15) is 0 Å². The van der Waals surface area contributed by atoms with Crippen molar-refractivity contribution in [2.45, 2.75) is 4.90 Å². The van der Waals surface area contributed by atoms with Gasteiger partial charge in [-0.2, -0.15) is 0 Å². The van der Waals surface area contributed by atoms with Crippen LogP contribution in [0.3, 0.4) is 0 Å². The fraction of sp³-hybridized carbons (Fsp3) is 0. The Balaban J connectivity index is 2.59. The number of thiol groups is 1. The predicted molar refractivity (Wildman–Crippen MR) is 66.1 cm³/mol. The number of hydrogen-bond acceptors (Lipinski definition) is 2. The van der Waals surface area contributed by atoms with E-state index in [0.717, 1.165) is 11.1 Å². The van der Waals surface area contributed by atoms with Gasteiger partial charge in [-0.1, -0.05) is 42.5 Å². The van der Waals surface area contributed by atoms with Crippen LogP contribution in [0.4, 0.5) is 0 Å². The summed E-state index contributed by atoms with van der Waals surface area (Å²) in [7, 11) is 0. The zero-order valence-corrected chi connectivity index (χ0v) is 9.32. The van der Waals surface area contributed by atoms with Crippen LogP contribution in [0.2, 0.25) is 0 Å². The third-order valence-corrected chi connectivity index (χ3v) is 2.83. The zero-order valence-electron chi connectivity index (χ0n) is 8.42. The van der Waals surface area contributed by atoms with Crippen LogP contribution in [-0.2, 0) is 0 Å². The van der Waals surface area contributed by atoms with Crippen molar-refractivity contribution in [1.82, 2.24) is 0 Å². The lowest BCUT2D eigenvalue weighted by molar-refractivity contribution is 0.0693. The topological polar surface area (TPSA) is 37.3 Å². The Bertz CT molecular complexity index is 521. The fourth-order valence-electron chi connectivity index (χ4n) is 1.57. The van der Waals surface area contributed by atoms with E-state index < -0.39 is 5.97 Å². The lowest BCUT2D eigenvalue weighted by atomic mass is 10.0. The molecule has 2 rings (SSSR count). The highest BCUT2D eigenvalue weighted by atomic mass is 32.1. The fourth-order valence-corrected chi connectivity index (χ4v) is 1.94. The molecule has 0 radical (unpaired) electrons. The molecule has 80 valence electrons. The highest BCUT2D eigenvalue weighted by Gasteiger charge is 2.11. The molecular formula is C13H10O2S. The summed E-state index contributed by atoms with van der Waals surface area (Å²) >= 11 is 4.28. The summed E-state index contributed by atoms with van der Waals surface area (Å²) in [6.45, 7) is 0. The maximum absolute atomic E-state index is 11.0. The third kappa shape index (κ3) is 1.95. The highest BCUT2D eigenvalue weighted by Crippen LogP contribution is 2.28. The average Bonchev–Trinajstić information content (AvgIpc) is 2.30. The Morgan fingerprint density at radius 2 is 1.69 bits per heavy atom. The molecule has 2 aromatic rings. The van der Waals surface area contributed by atoms with Crippen molar-refractivity contribution >= 4 is 18.6 Å². The summed E-state index contributed by atoms with van der Waals surface area (Å²) in [5.74, 6) is -0.956. The van der Waals surface area contributed by atoms with Gasteiger partial charge in [0.25, 0.3) is 0 Å². The van der Waals surface area contributed by atoms with Crippen LogP contribution in [0.15, 0.2) is 53.4 Å². The lowest BCUT2D eigenvalue weighted by Crippen LogP contribution is -1.98. The standard InChI is InChI=1S/C13H10O2S/c14-13(15)11-8-4-7-10(12(11)16)9-5-2-1-3-6-9/h1-8,16H,(H,14,15). The molecule has 0 aliphatic carbocycles. The second-order valence-electron chi connectivity index (χ2n) is 3.37. The van der Waals surface area contributed by atoms with Crippen molar-refractivity contribution in [2.75, 3.05) is 0 Å². The van der Waals surface area contributed by atoms with Crippen molar-refractivity contribution in [1.29, 1.82) is 0 Å². The predicted octanol–water partition coefficient (Wildman–Crippen LogP) is 3.34. The molecule has 16 heavy (non-hydrogen) atoms. The van der Waals surface area contributed by atoms with Crippen LogP contribution >= 0.6 is 12.6 Å². The molecule has 2 nitrogen and oxygen atoms in total. The van der Waals surface area contributed by atoms with E-state index in [1.165, 1.54) is 0 Å². The first-order valence-corrected chi connectivity index (χ1v) is 5.25. The van der Waals surface area contributed by atoms with Crippen molar-refractivity contribution in [3.05, 3.63) is 54.1 Å². The van der Waals surface area contributed by atoms with Crippen LogP contribution in [0, 0.1) is 0 Å². The molecule has 0 aliphatic heterocycles. The van der Waals surface area contributed by atoms with E-state index in [2.05, 4.69) is 12.6 Å². The monoisotopic (exact) mass is 230 g/mol. The maximum atomic E-state index is 11.0. The number of carboxylic acid groups (broad SMARTS) is 1. The van der Waals surface area contributed by atoms with Gasteiger partial charge in [-0.25, -0.2) is 4.79 Å². The molecule has 0 amide bonds. The van der Waals surface area contributed by atoms with E-state index in [9.17, 15) is 4.79 Å². The first kappa shape index (κ1) is 10.8. The van der Waals surface area contributed by atoms with E-state index in [-0.39, 0.29) is 5.56 Å². The molecule has 0 saturated carbocycles. The first-order chi connectivity index (χ1) is 7.70. The maximum Gasteiger partial charge on any atom is 0.336 e. The summed E-state index contributed by atoms with van der Waals surface area (Å²) in [6.07, 6.45) is 0. The van der Waals surface area contributed by atoms with Gasteiger partial charge in [0.05, 0.1) is 5.56 Å². The number of rotatable bonds is 2. The third-order valence-electron chi connectivity index (χ3n) is 2.35. The van der Waals surface area contributed by atoms with E-state index in [1.54, 1.807) is 12.1 Å². The number of carboxylic acids is 1. The highest BCUT2D eigenvalue weighted by molar-refractivity contribution is 7.80. The second-order valence-corrected chi connectivity index (χ2v) is 3.82. The van der Waals surface area contributed by atoms with Gasteiger partial charge in [-0.05, 0) is 17.2 Å². The average molecular weight is 230 g/mol. The molecule has 0 aromatic heterocycles. The molecule has 0 aliphatic rings. The number of benzene rings is 2. The van der Waals surface area contributed by atoms with Gasteiger partial charge in [-0.15, -0.1) is 12.6 Å². The van der Waals surface area contributed by atoms with Crippen LogP contribution in [0.25, 0.3) is 11.1 Å². The normalized spacial score (nSPS) is 10.1. The number of carbonyl (C=O) groups is 1. The summed E-state index contributed by atoms with van der Waals surface area (Å²) < 4.78 is 0. The molecular weight excluding hydrogens is 220 g/mol. The minimum Gasteiger partial charge on any atom is -0.478 e. The molecule has 0 fully saturated rings.